The van der Waals surface area contributed by atoms with E-state index in [4.69, 9.17) is 9.88 Å². The van der Waals surface area contributed by atoms with E-state index >= 15 is 0 Å². The molecule has 0 aliphatic carbocycles. The number of ether oxygens (including phenoxy) is 1. The topological polar surface area (TPSA) is 165 Å². The number of unbranched alkanes of at least 4 members (excludes halogenated alkanes) is 5. The van der Waals surface area contributed by atoms with Gasteiger partial charge in [-0.25, -0.2) is 18.4 Å². The van der Waals surface area contributed by atoms with Crippen molar-refractivity contribution in [3.8, 4) is 0 Å². The molecule has 0 saturated heterocycles. The largest absolute Gasteiger partial charge is 0.464 e. The number of sulfonamides is 1. The van der Waals surface area contributed by atoms with Crippen molar-refractivity contribution in [2.24, 2.45) is 5.14 Å². The summed E-state index contributed by atoms with van der Waals surface area (Å²) in [7, 11) is -3.85. The molecule has 0 aliphatic heterocycles. The van der Waals surface area contributed by atoms with Crippen molar-refractivity contribution in [1.82, 2.24) is 5.32 Å². The molecule has 0 radical (unpaired) electrons. The molecule has 5 N–H and O–H groups in total. The predicted octanol–water partition coefficient (Wildman–Crippen LogP) is 3.17. The second kappa shape index (κ2) is 15.9. The molecule has 0 bridgehead atoms. The molecule has 2 aromatic carbocycles. The van der Waals surface area contributed by atoms with Crippen LogP contribution in [0.1, 0.15) is 70.0 Å². The van der Waals surface area contributed by atoms with E-state index < -0.39 is 40.0 Å². The van der Waals surface area contributed by atoms with E-state index in [0.29, 0.717) is 17.7 Å². The molecule has 2 amide bonds. The van der Waals surface area contributed by atoms with Crippen molar-refractivity contribution in [1.29, 1.82) is 0 Å². The molecule has 0 fully saturated rings. The second-order valence-electron chi connectivity index (χ2n) is 8.95. The maximum absolute atomic E-state index is 12.8. The number of aliphatic hydroxyl groups excluding tert-OH is 1. The Morgan fingerprint density at radius 3 is 2.13 bits per heavy atom. The fraction of sp³-hybridized carbons (Fsp3) is 0.444. The lowest BCUT2D eigenvalue weighted by atomic mass is 10.0. The van der Waals surface area contributed by atoms with Crippen molar-refractivity contribution in [2.45, 2.75) is 75.3 Å². The highest BCUT2D eigenvalue weighted by molar-refractivity contribution is 7.89. The molecule has 2 aromatic rings. The molecule has 0 unspecified atom stereocenters. The van der Waals surface area contributed by atoms with Crippen LogP contribution < -0.4 is 15.8 Å². The Morgan fingerprint density at radius 1 is 0.895 bits per heavy atom. The molecule has 0 heterocycles. The molecule has 0 spiro atoms. The SMILES string of the molecule is CCCCCCCCOC(=O)[C@@H](NC(=O)CCC(=O)Nc1ccc(S(N)(=O)=O)cc1)[C@H](O)c1ccccc1. The van der Waals surface area contributed by atoms with Crippen LogP contribution in [0, 0.1) is 0 Å². The minimum absolute atomic E-state index is 0.0960. The van der Waals surface area contributed by atoms with Gasteiger partial charge in [-0.3, -0.25) is 9.59 Å². The van der Waals surface area contributed by atoms with Crippen LogP contribution in [-0.4, -0.2) is 44.0 Å². The van der Waals surface area contributed by atoms with Crippen LogP contribution in [-0.2, 0) is 29.1 Å². The van der Waals surface area contributed by atoms with Gasteiger partial charge in [0.05, 0.1) is 11.5 Å². The van der Waals surface area contributed by atoms with Gasteiger partial charge >= 0.3 is 5.97 Å². The molecule has 11 heteroatoms. The molecule has 10 nitrogen and oxygen atoms in total. The summed E-state index contributed by atoms with van der Waals surface area (Å²) in [6, 6.07) is 12.4. The Hall–Kier alpha value is -3.28. The van der Waals surface area contributed by atoms with Gasteiger partial charge in [-0.05, 0) is 36.2 Å². The number of anilines is 1. The molecule has 2 atom stereocenters. The lowest BCUT2D eigenvalue weighted by Gasteiger charge is -2.23. The fourth-order valence-corrected chi connectivity index (χ4v) is 4.19. The number of carbonyl (C=O) groups is 3. The lowest BCUT2D eigenvalue weighted by Crippen LogP contribution is -2.46. The van der Waals surface area contributed by atoms with Crippen molar-refractivity contribution in [3.63, 3.8) is 0 Å². The van der Waals surface area contributed by atoms with Crippen LogP contribution in [0.5, 0.6) is 0 Å². The minimum atomic E-state index is -3.85. The first kappa shape index (κ1) is 30.9. The molecular weight excluding hydrogens is 510 g/mol. The average Bonchev–Trinajstić information content (AvgIpc) is 2.90. The maximum atomic E-state index is 12.8. The standard InChI is InChI=1S/C27H37N3O7S/c1-2-3-4-5-6-10-19-37-27(34)25(26(33)20-11-8-7-9-12-20)30-24(32)18-17-23(31)29-21-13-15-22(16-14-21)38(28,35)36/h7-9,11-16,25-26,33H,2-6,10,17-19H2,1H3,(H,29,31)(H,30,32)(H2,28,35,36)/t25-,26+/m0/s1. The number of benzene rings is 2. The number of hydrogen-bond donors (Lipinski definition) is 4. The highest BCUT2D eigenvalue weighted by Crippen LogP contribution is 2.19. The van der Waals surface area contributed by atoms with Gasteiger partial charge in [0, 0.05) is 18.5 Å². The number of carbonyl (C=O) groups excluding carboxylic acids is 3. The number of nitrogens with one attached hydrogen (secondary N) is 2. The van der Waals surface area contributed by atoms with E-state index in [2.05, 4.69) is 17.6 Å². The zero-order chi connectivity index (χ0) is 28.0. The summed E-state index contributed by atoms with van der Waals surface area (Å²) in [6.07, 6.45) is 4.32. The Bertz CT molecular complexity index is 1140. The second-order valence-corrected chi connectivity index (χ2v) is 10.5. The molecule has 2 rings (SSSR count). The smallest absolute Gasteiger partial charge is 0.331 e. The zero-order valence-corrected chi connectivity index (χ0v) is 22.4. The van der Waals surface area contributed by atoms with Gasteiger partial charge in [0.15, 0.2) is 6.04 Å². The van der Waals surface area contributed by atoms with Crippen LogP contribution in [0.25, 0.3) is 0 Å². The number of esters is 1. The zero-order valence-electron chi connectivity index (χ0n) is 21.6. The maximum Gasteiger partial charge on any atom is 0.331 e. The molecule has 38 heavy (non-hydrogen) atoms. The molecule has 0 aromatic heterocycles. The number of aliphatic hydroxyl groups is 1. The third-order valence-corrected chi connectivity index (χ3v) is 6.74. The summed E-state index contributed by atoms with van der Waals surface area (Å²) in [4.78, 5) is 37.5. The third kappa shape index (κ3) is 11.0. The van der Waals surface area contributed by atoms with Crippen molar-refractivity contribution >= 4 is 33.5 Å². The minimum Gasteiger partial charge on any atom is -0.464 e. The van der Waals surface area contributed by atoms with Crippen molar-refractivity contribution in [3.05, 3.63) is 60.2 Å². The van der Waals surface area contributed by atoms with Crippen LogP contribution in [0.15, 0.2) is 59.5 Å². The summed E-state index contributed by atoms with van der Waals surface area (Å²) in [5.74, 6) is -1.85. The van der Waals surface area contributed by atoms with Gasteiger partial charge in [0.2, 0.25) is 21.8 Å². The average molecular weight is 548 g/mol. The predicted molar refractivity (Wildman–Crippen MR) is 143 cm³/mol. The Labute approximate surface area is 224 Å². The van der Waals surface area contributed by atoms with Gasteiger partial charge in [0.1, 0.15) is 6.10 Å². The quantitative estimate of drug-likeness (QED) is 0.185. The Kier molecular flexibility index (Phi) is 12.9. The van der Waals surface area contributed by atoms with Gasteiger partial charge in [-0.2, -0.15) is 0 Å². The molecule has 208 valence electrons. The first-order valence-electron chi connectivity index (χ1n) is 12.7. The van der Waals surface area contributed by atoms with E-state index in [1.165, 1.54) is 30.7 Å². The van der Waals surface area contributed by atoms with E-state index in [1.54, 1.807) is 30.3 Å². The first-order valence-corrected chi connectivity index (χ1v) is 14.3. The molecular formula is C27H37N3O7S. The number of primary sulfonamides is 1. The summed E-state index contributed by atoms with van der Waals surface area (Å²) in [5.41, 5.74) is 0.772. The summed E-state index contributed by atoms with van der Waals surface area (Å²) in [6.45, 7) is 2.32. The molecule has 0 saturated carbocycles. The van der Waals surface area contributed by atoms with Gasteiger partial charge in [-0.15, -0.1) is 0 Å². The van der Waals surface area contributed by atoms with Crippen molar-refractivity contribution < 1.29 is 32.6 Å². The number of hydrogen-bond acceptors (Lipinski definition) is 7. The monoisotopic (exact) mass is 547 g/mol. The van der Waals surface area contributed by atoms with Gasteiger partial charge in [-0.1, -0.05) is 69.4 Å². The Morgan fingerprint density at radius 2 is 1.50 bits per heavy atom. The third-order valence-electron chi connectivity index (χ3n) is 5.82. The van der Waals surface area contributed by atoms with E-state index in [0.717, 1.165) is 25.7 Å². The van der Waals surface area contributed by atoms with Crippen LogP contribution in [0.3, 0.4) is 0 Å². The normalized spacial score (nSPS) is 12.8. The van der Waals surface area contributed by atoms with E-state index in [1.807, 2.05) is 0 Å². The highest BCUT2D eigenvalue weighted by atomic mass is 32.2. The molecule has 0 aliphatic rings. The van der Waals surface area contributed by atoms with E-state index in [-0.39, 0.29) is 24.3 Å². The number of amides is 2. The lowest BCUT2D eigenvalue weighted by molar-refractivity contribution is -0.151. The fourth-order valence-electron chi connectivity index (χ4n) is 3.68. The Balaban J connectivity index is 1.91. The summed E-state index contributed by atoms with van der Waals surface area (Å²) >= 11 is 0. The summed E-state index contributed by atoms with van der Waals surface area (Å²) in [5, 5.41) is 20.9. The van der Waals surface area contributed by atoms with Gasteiger partial charge < -0.3 is 20.5 Å². The van der Waals surface area contributed by atoms with Crippen LogP contribution in [0.2, 0.25) is 0 Å². The van der Waals surface area contributed by atoms with Crippen molar-refractivity contribution in [2.75, 3.05) is 11.9 Å². The number of rotatable bonds is 16. The van der Waals surface area contributed by atoms with E-state index in [9.17, 15) is 27.9 Å². The highest BCUT2D eigenvalue weighted by Gasteiger charge is 2.31. The van der Waals surface area contributed by atoms with Crippen LogP contribution >= 0.6 is 0 Å². The van der Waals surface area contributed by atoms with Crippen LogP contribution in [0.4, 0.5) is 5.69 Å². The number of nitrogens with two attached hydrogens (primary N) is 1. The van der Waals surface area contributed by atoms with Gasteiger partial charge in [0.25, 0.3) is 0 Å². The first-order chi connectivity index (χ1) is 18.1. The summed E-state index contributed by atoms with van der Waals surface area (Å²) < 4.78 is 28.0.